The van der Waals surface area contributed by atoms with Gasteiger partial charge < -0.3 is 14.4 Å². The number of hydrogen-bond acceptors (Lipinski definition) is 5. The lowest BCUT2D eigenvalue weighted by Crippen LogP contribution is -2.38. The SMILES string of the molecule is CCOC(=O)N1CCc2ccc(S(=O)(=O)N3CCC[C@@H]3COC)cc2C1. The highest BCUT2D eigenvalue weighted by atomic mass is 32.2. The summed E-state index contributed by atoms with van der Waals surface area (Å²) in [7, 11) is -1.98. The van der Waals surface area contributed by atoms with E-state index >= 15 is 0 Å². The van der Waals surface area contributed by atoms with Gasteiger partial charge in [0.15, 0.2) is 0 Å². The molecule has 0 spiro atoms. The summed E-state index contributed by atoms with van der Waals surface area (Å²) in [6.07, 6.45) is 2.00. The maximum Gasteiger partial charge on any atom is 0.410 e. The molecular weight excluding hydrogens is 356 g/mol. The van der Waals surface area contributed by atoms with E-state index in [9.17, 15) is 13.2 Å². The molecule has 3 rings (SSSR count). The van der Waals surface area contributed by atoms with Crippen molar-refractivity contribution in [2.24, 2.45) is 0 Å². The Kier molecular flexibility index (Phi) is 5.84. The van der Waals surface area contributed by atoms with Gasteiger partial charge in [0.1, 0.15) is 0 Å². The third-order valence-electron chi connectivity index (χ3n) is 5.00. The zero-order valence-electron chi connectivity index (χ0n) is 15.3. The van der Waals surface area contributed by atoms with Crippen LogP contribution in [0.1, 0.15) is 30.9 Å². The molecule has 1 aromatic rings. The van der Waals surface area contributed by atoms with Crippen molar-refractivity contribution >= 4 is 16.1 Å². The average Bonchev–Trinajstić information content (AvgIpc) is 3.10. The van der Waals surface area contributed by atoms with Gasteiger partial charge in [-0.2, -0.15) is 4.31 Å². The summed E-state index contributed by atoms with van der Waals surface area (Å²) in [5, 5.41) is 0. The molecule has 0 unspecified atom stereocenters. The summed E-state index contributed by atoms with van der Waals surface area (Å²) in [6, 6.07) is 5.14. The number of ether oxygens (including phenoxy) is 2. The lowest BCUT2D eigenvalue weighted by Gasteiger charge is -2.29. The predicted octanol–water partition coefficient (Wildman–Crippen LogP) is 2.00. The largest absolute Gasteiger partial charge is 0.450 e. The summed E-state index contributed by atoms with van der Waals surface area (Å²) < 4.78 is 38.0. The zero-order valence-corrected chi connectivity index (χ0v) is 16.1. The van der Waals surface area contributed by atoms with Gasteiger partial charge in [-0.1, -0.05) is 6.07 Å². The van der Waals surface area contributed by atoms with E-state index in [0.717, 1.165) is 24.0 Å². The van der Waals surface area contributed by atoms with Crippen LogP contribution >= 0.6 is 0 Å². The third-order valence-corrected chi connectivity index (χ3v) is 6.95. The van der Waals surface area contributed by atoms with Crippen molar-refractivity contribution in [3.8, 4) is 0 Å². The quantitative estimate of drug-likeness (QED) is 0.779. The number of sulfonamides is 1. The number of carbonyl (C=O) groups excluding carboxylic acids is 1. The Morgan fingerprint density at radius 3 is 2.81 bits per heavy atom. The molecule has 8 heteroatoms. The molecule has 7 nitrogen and oxygen atoms in total. The molecule has 0 radical (unpaired) electrons. The summed E-state index contributed by atoms with van der Waals surface area (Å²) >= 11 is 0. The first-order valence-corrected chi connectivity index (χ1v) is 10.5. The van der Waals surface area contributed by atoms with Gasteiger partial charge in [0.25, 0.3) is 0 Å². The number of methoxy groups -OCH3 is 1. The van der Waals surface area contributed by atoms with E-state index < -0.39 is 10.0 Å². The van der Waals surface area contributed by atoms with Crippen LogP contribution in [0.3, 0.4) is 0 Å². The Labute approximate surface area is 154 Å². The van der Waals surface area contributed by atoms with Crippen LogP contribution in [-0.2, 0) is 32.5 Å². The van der Waals surface area contributed by atoms with Gasteiger partial charge >= 0.3 is 6.09 Å². The van der Waals surface area contributed by atoms with E-state index in [2.05, 4.69) is 0 Å². The maximum atomic E-state index is 13.1. The van der Waals surface area contributed by atoms with Gasteiger partial charge in [0.2, 0.25) is 10.0 Å². The lowest BCUT2D eigenvalue weighted by atomic mass is 10.0. The number of nitrogens with zero attached hydrogens (tertiary/aromatic N) is 2. The fourth-order valence-electron chi connectivity index (χ4n) is 3.68. The van der Waals surface area contributed by atoms with Crippen molar-refractivity contribution in [3.63, 3.8) is 0 Å². The van der Waals surface area contributed by atoms with E-state index in [1.54, 1.807) is 35.4 Å². The highest BCUT2D eigenvalue weighted by Crippen LogP contribution is 2.29. The first-order chi connectivity index (χ1) is 12.5. The molecule has 1 saturated heterocycles. The van der Waals surface area contributed by atoms with Gasteiger partial charge in [0.05, 0.1) is 18.1 Å². The molecule has 26 heavy (non-hydrogen) atoms. The Morgan fingerprint density at radius 1 is 1.27 bits per heavy atom. The first-order valence-electron chi connectivity index (χ1n) is 9.01. The van der Waals surface area contributed by atoms with Crippen LogP contribution in [0.5, 0.6) is 0 Å². The fourth-order valence-corrected chi connectivity index (χ4v) is 5.41. The highest BCUT2D eigenvalue weighted by Gasteiger charge is 2.35. The zero-order chi connectivity index (χ0) is 18.7. The summed E-state index contributed by atoms with van der Waals surface area (Å²) in [4.78, 5) is 13.9. The Hall–Kier alpha value is -1.64. The van der Waals surface area contributed by atoms with Crippen molar-refractivity contribution < 1.29 is 22.7 Å². The van der Waals surface area contributed by atoms with Crippen LogP contribution in [0.4, 0.5) is 4.79 Å². The number of hydrogen-bond donors (Lipinski definition) is 0. The molecule has 0 N–H and O–H groups in total. The first kappa shape index (κ1) is 19.1. The van der Waals surface area contributed by atoms with Gasteiger partial charge in [-0.05, 0) is 49.4 Å². The van der Waals surface area contributed by atoms with Crippen molar-refractivity contribution in [2.75, 3.05) is 33.4 Å². The second kappa shape index (κ2) is 7.94. The van der Waals surface area contributed by atoms with Crippen LogP contribution in [0.25, 0.3) is 0 Å². The van der Waals surface area contributed by atoms with Crippen LogP contribution in [0.2, 0.25) is 0 Å². The molecule has 2 aliphatic heterocycles. The average molecular weight is 382 g/mol. The van der Waals surface area contributed by atoms with Crippen LogP contribution in [0, 0.1) is 0 Å². The second-order valence-corrected chi connectivity index (χ2v) is 8.56. The molecule has 1 aromatic carbocycles. The van der Waals surface area contributed by atoms with Crippen molar-refractivity contribution in [3.05, 3.63) is 29.3 Å². The standard InChI is InChI=1S/C18H26N2O5S/c1-3-25-18(21)19-10-8-14-6-7-17(11-15(14)12-19)26(22,23)20-9-4-5-16(20)13-24-2/h6-7,11,16H,3-5,8-10,12-13H2,1-2H3/t16-/m1/s1. The molecule has 144 valence electrons. The molecule has 1 amide bonds. The normalized spacial score (nSPS) is 20.8. The molecule has 0 aromatic heterocycles. The van der Waals surface area contributed by atoms with Gasteiger partial charge in [0, 0.05) is 32.8 Å². The van der Waals surface area contributed by atoms with Gasteiger partial charge in [-0.3, -0.25) is 0 Å². The minimum atomic E-state index is -3.57. The number of benzene rings is 1. The smallest absolute Gasteiger partial charge is 0.410 e. The van der Waals surface area contributed by atoms with E-state index in [4.69, 9.17) is 9.47 Å². The molecule has 1 atom stereocenters. The summed E-state index contributed by atoms with van der Waals surface area (Å²) in [6.45, 7) is 3.97. The minimum Gasteiger partial charge on any atom is -0.450 e. The van der Waals surface area contributed by atoms with E-state index in [1.807, 2.05) is 6.07 Å². The minimum absolute atomic E-state index is 0.114. The molecule has 0 bridgehead atoms. The fraction of sp³-hybridized carbons (Fsp3) is 0.611. The summed E-state index contributed by atoms with van der Waals surface area (Å²) in [5.74, 6) is 0. The van der Waals surface area contributed by atoms with Crippen LogP contribution < -0.4 is 0 Å². The molecule has 1 fully saturated rings. The van der Waals surface area contributed by atoms with Gasteiger partial charge in [-0.15, -0.1) is 0 Å². The number of fused-ring (bicyclic) bond motifs is 1. The topological polar surface area (TPSA) is 76.2 Å². The molecule has 0 aliphatic carbocycles. The van der Waals surface area contributed by atoms with Crippen LogP contribution in [-0.4, -0.2) is 63.2 Å². The van der Waals surface area contributed by atoms with E-state index in [0.29, 0.717) is 39.3 Å². The van der Waals surface area contributed by atoms with Crippen molar-refractivity contribution in [1.82, 2.24) is 9.21 Å². The Bertz CT molecular complexity index is 765. The van der Waals surface area contributed by atoms with Crippen LogP contribution in [0.15, 0.2) is 23.1 Å². The molecular formula is C18H26N2O5S. The number of carbonyl (C=O) groups is 1. The van der Waals surface area contributed by atoms with Gasteiger partial charge in [-0.25, -0.2) is 13.2 Å². The maximum absolute atomic E-state index is 13.1. The Balaban J connectivity index is 1.84. The molecule has 0 saturated carbocycles. The van der Waals surface area contributed by atoms with Crippen molar-refractivity contribution in [2.45, 2.75) is 43.7 Å². The van der Waals surface area contributed by atoms with E-state index in [1.165, 1.54) is 0 Å². The Morgan fingerprint density at radius 2 is 2.08 bits per heavy atom. The lowest BCUT2D eigenvalue weighted by molar-refractivity contribution is 0.102. The second-order valence-electron chi connectivity index (χ2n) is 6.67. The monoisotopic (exact) mass is 382 g/mol. The third kappa shape index (κ3) is 3.72. The summed E-state index contributed by atoms with van der Waals surface area (Å²) in [5.41, 5.74) is 1.95. The van der Waals surface area contributed by atoms with E-state index in [-0.39, 0.29) is 17.0 Å². The number of amides is 1. The number of rotatable bonds is 5. The highest BCUT2D eigenvalue weighted by molar-refractivity contribution is 7.89. The van der Waals surface area contributed by atoms with Crippen molar-refractivity contribution in [1.29, 1.82) is 0 Å². The molecule has 2 aliphatic rings. The molecule has 2 heterocycles. The predicted molar refractivity (Wildman–Crippen MR) is 96.4 cm³/mol.